The summed E-state index contributed by atoms with van der Waals surface area (Å²) in [5.74, 6) is -0.724. The SMILES string of the molecule is CC(C(=O)NO)c1ccc(Oc2cccc(C(F)(F)F)c2)cc1. The lowest BCUT2D eigenvalue weighted by atomic mass is 10.0. The van der Waals surface area contributed by atoms with E-state index < -0.39 is 23.6 Å². The molecule has 23 heavy (non-hydrogen) atoms. The van der Waals surface area contributed by atoms with Crippen molar-refractivity contribution in [3.63, 3.8) is 0 Å². The van der Waals surface area contributed by atoms with Crippen molar-refractivity contribution in [2.24, 2.45) is 0 Å². The summed E-state index contributed by atoms with van der Waals surface area (Å²) >= 11 is 0. The van der Waals surface area contributed by atoms with Crippen LogP contribution in [0.4, 0.5) is 13.2 Å². The molecule has 0 saturated heterocycles. The van der Waals surface area contributed by atoms with Gasteiger partial charge in [0.2, 0.25) is 0 Å². The maximum atomic E-state index is 12.6. The molecule has 2 aromatic carbocycles. The fraction of sp³-hybridized carbons (Fsp3) is 0.188. The van der Waals surface area contributed by atoms with Gasteiger partial charge in [0.15, 0.2) is 0 Å². The molecule has 122 valence electrons. The Labute approximate surface area is 130 Å². The zero-order valence-corrected chi connectivity index (χ0v) is 12.1. The highest BCUT2D eigenvalue weighted by Gasteiger charge is 2.30. The molecule has 2 N–H and O–H groups in total. The largest absolute Gasteiger partial charge is 0.457 e. The lowest BCUT2D eigenvalue weighted by Gasteiger charge is -2.12. The van der Waals surface area contributed by atoms with Crippen LogP contribution in [-0.4, -0.2) is 11.1 Å². The first-order valence-electron chi connectivity index (χ1n) is 6.70. The normalized spacial score (nSPS) is 12.6. The summed E-state index contributed by atoms with van der Waals surface area (Å²) in [6.45, 7) is 1.61. The molecule has 7 heteroatoms. The van der Waals surface area contributed by atoms with E-state index in [1.807, 2.05) is 0 Å². The highest BCUT2D eigenvalue weighted by Crippen LogP contribution is 2.32. The van der Waals surface area contributed by atoms with Crippen LogP contribution in [0.3, 0.4) is 0 Å². The summed E-state index contributed by atoms with van der Waals surface area (Å²) in [4.78, 5) is 11.3. The molecule has 0 heterocycles. The third-order valence-electron chi connectivity index (χ3n) is 3.28. The number of halogens is 3. The van der Waals surface area contributed by atoms with Gasteiger partial charge >= 0.3 is 6.18 Å². The standard InChI is InChI=1S/C16H14F3NO3/c1-10(15(21)20-22)11-5-7-13(8-6-11)23-14-4-2-3-12(9-14)16(17,18)19/h2-10,22H,1H3,(H,20,21). The van der Waals surface area contributed by atoms with Crippen LogP contribution in [-0.2, 0) is 11.0 Å². The Kier molecular flexibility index (Phi) is 4.90. The van der Waals surface area contributed by atoms with Crippen LogP contribution >= 0.6 is 0 Å². The smallest absolute Gasteiger partial charge is 0.416 e. The molecular weight excluding hydrogens is 311 g/mol. The first kappa shape index (κ1) is 16.8. The first-order valence-corrected chi connectivity index (χ1v) is 6.70. The summed E-state index contributed by atoms with van der Waals surface area (Å²) in [7, 11) is 0. The Morgan fingerprint density at radius 3 is 2.35 bits per heavy atom. The van der Waals surface area contributed by atoms with E-state index in [1.54, 1.807) is 24.5 Å². The van der Waals surface area contributed by atoms with Crippen molar-refractivity contribution in [3.05, 3.63) is 59.7 Å². The van der Waals surface area contributed by atoms with E-state index in [9.17, 15) is 18.0 Å². The second-order valence-electron chi connectivity index (χ2n) is 4.89. The average Bonchev–Trinajstić information content (AvgIpc) is 2.53. The van der Waals surface area contributed by atoms with Crippen molar-refractivity contribution in [1.29, 1.82) is 0 Å². The van der Waals surface area contributed by atoms with E-state index in [0.717, 1.165) is 12.1 Å². The van der Waals surface area contributed by atoms with Crippen LogP contribution in [0.15, 0.2) is 48.5 Å². The molecule has 0 aliphatic carbocycles. The number of nitrogens with one attached hydrogen (secondary N) is 1. The van der Waals surface area contributed by atoms with Gasteiger partial charge in [0.05, 0.1) is 11.5 Å². The predicted molar refractivity (Wildman–Crippen MR) is 76.3 cm³/mol. The third-order valence-corrected chi connectivity index (χ3v) is 3.28. The van der Waals surface area contributed by atoms with Gasteiger partial charge in [0, 0.05) is 0 Å². The number of rotatable bonds is 4. The number of amides is 1. The molecule has 1 unspecified atom stereocenters. The number of hydrogen-bond donors (Lipinski definition) is 2. The van der Waals surface area contributed by atoms with E-state index in [1.165, 1.54) is 24.3 Å². The first-order chi connectivity index (χ1) is 10.8. The molecule has 0 fully saturated rings. The van der Waals surface area contributed by atoms with E-state index in [2.05, 4.69) is 0 Å². The fourth-order valence-corrected chi connectivity index (χ4v) is 1.94. The Morgan fingerprint density at radius 2 is 1.78 bits per heavy atom. The maximum absolute atomic E-state index is 12.6. The van der Waals surface area contributed by atoms with Crippen LogP contribution in [0.2, 0.25) is 0 Å². The van der Waals surface area contributed by atoms with Crippen molar-refractivity contribution < 1.29 is 27.9 Å². The molecule has 4 nitrogen and oxygen atoms in total. The summed E-state index contributed by atoms with van der Waals surface area (Å²) < 4.78 is 43.3. The van der Waals surface area contributed by atoms with Gasteiger partial charge < -0.3 is 4.74 Å². The molecule has 2 rings (SSSR count). The maximum Gasteiger partial charge on any atom is 0.416 e. The van der Waals surface area contributed by atoms with Gasteiger partial charge in [-0.15, -0.1) is 0 Å². The lowest BCUT2D eigenvalue weighted by molar-refractivity contribution is -0.137. The van der Waals surface area contributed by atoms with Gasteiger partial charge in [0.1, 0.15) is 11.5 Å². The van der Waals surface area contributed by atoms with Crippen molar-refractivity contribution in [2.75, 3.05) is 0 Å². The molecule has 0 aliphatic heterocycles. The van der Waals surface area contributed by atoms with Crippen LogP contribution in [0.1, 0.15) is 24.0 Å². The number of hydroxylamine groups is 1. The van der Waals surface area contributed by atoms with Gasteiger partial charge in [-0.1, -0.05) is 18.2 Å². The summed E-state index contributed by atoms with van der Waals surface area (Å²) in [6.07, 6.45) is -4.43. The fourth-order valence-electron chi connectivity index (χ4n) is 1.94. The molecule has 2 aromatic rings. The zero-order chi connectivity index (χ0) is 17.0. The minimum Gasteiger partial charge on any atom is -0.457 e. The monoisotopic (exact) mass is 325 g/mol. The van der Waals surface area contributed by atoms with Crippen molar-refractivity contribution in [1.82, 2.24) is 5.48 Å². The predicted octanol–water partition coefficient (Wildman–Crippen LogP) is 4.11. The number of benzene rings is 2. The molecule has 0 aliphatic rings. The minimum atomic E-state index is -4.43. The molecule has 1 atom stereocenters. The minimum absolute atomic E-state index is 0.0636. The van der Waals surface area contributed by atoms with Crippen molar-refractivity contribution >= 4 is 5.91 Å². The Hall–Kier alpha value is -2.54. The lowest BCUT2D eigenvalue weighted by Crippen LogP contribution is -2.24. The van der Waals surface area contributed by atoms with Crippen LogP contribution in [0.25, 0.3) is 0 Å². The van der Waals surface area contributed by atoms with Crippen LogP contribution < -0.4 is 10.2 Å². The molecule has 1 amide bonds. The summed E-state index contributed by atoms with van der Waals surface area (Å²) in [6, 6.07) is 10.8. The van der Waals surface area contributed by atoms with Gasteiger partial charge in [-0.3, -0.25) is 10.0 Å². The molecule has 0 aromatic heterocycles. The highest BCUT2D eigenvalue weighted by molar-refractivity contribution is 5.82. The van der Waals surface area contributed by atoms with E-state index in [-0.39, 0.29) is 5.75 Å². The molecule has 0 saturated carbocycles. The second kappa shape index (κ2) is 6.70. The van der Waals surface area contributed by atoms with Crippen molar-refractivity contribution in [2.45, 2.75) is 19.0 Å². The van der Waals surface area contributed by atoms with E-state index >= 15 is 0 Å². The number of ether oxygens (including phenoxy) is 1. The number of alkyl halides is 3. The van der Waals surface area contributed by atoms with Gasteiger partial charge in [-0.05, 0) is 42.8 Å². The van der Waals surface area contributed by atoms with E-state index in [0.29, 0.717) is 11.3 Å². The van der Waals surface area contributed by atoms with Crippen LogP contribution in [0, 0.1) is 0 Å². The average molecular weight is 325 g/mol. The van der Waals surface area contributed by atoms with Gasteiger partial charge in [-0.2, -0.15) is 13.2 Å². The molecule has 0 spiro atoms. The summed E-state index contributed by atoms with van der Waals surface area (Å²) in [5, 5.41) is 8.59. The van der Waals surface area contributed by atoms with Gasteiger partial charge in [-0.25, -0.2) is 5.48 Å². The van der Waals surface area contributed by atoms with Crippen molar-refractivity contribution in [3.8, 4) is 11.5 Å². The third kappa shape index (κ3) is 4.23. The Bertz CT molecular complexity index is 684. The molecule has 0 radical (unpaired) electrons. The number of carbonyl (C=O) groups is 1. The summed E-state index contributed by atoms with van der Waals surface area (Å²) in [5.41, 5.74) is 1.40. The van der Waals surface area contributed by atoms with Gasteiger partial charge in [0.25, 0.3) is 5.91 Å². The quantitative estimate of drug-likeness (QED) is 0.657. The number of carbonyl (C=O) groups excluding carboxylic acids is 1. The van der Waals surface area contributed by atoms with E-state index in [4.69, 9.17) is 9.94 Å². The van der Waals surface area contributed by atoms with Crippen LogP contribution in [0.5, 0.6) is 11.5 Å². The molecule has 0 bridgehead atoms. The second-order valence-corrected chi connectivity index (χ2v) is 4.89. The Morgan fingerprint density at radius 1 is 1.13 bits per heavy atom. The number of hydrogen-bond acceptors (Lipinski definition) is 3. The highest BCUT2D eigenvalue weighted by atomic mass is 19.4. The Balaban J connectivity index is 2.14. The topological polar surface area (TPSA) is 58.6 Å². The zero-order valence-electron chi connectivity index (χ0n) is 12.1. The molecular formula is C16H14F3NO3.